The van der Waals surface area contributed by atoms with Crippen LogP contribution in [0.25, 0.3) is 10.8 Å². The maximum Gasteiger partial charge on any atom is 0.119 e. The molecule has 3 nitrogen and oxygen atoms in total. The zero-order valence-electron chi connectivity index (χ0n) is 11.0. The predicted molar refractivity (Wildman–Crippen MR) is 76.1 cm³/mol. The zero-order valence-corrected chi connectivity index (χ0v) is 11.0. The summed E-state index contributed by atoms with van der Waals surface area (Å²) in [6.45, 7) is 2.88. The maximum absolute atomic E-state index is 5.23. The molecule has 0 heterocycles. The summed E-state index contributed by atoms with van der Waals surface area (Å²) in [4.78, 5) is 0. The van der Waals surface area contributed by atoms with E-state index in [4.69, 9.17) is 4.74 Å². The molecule has 0 radical (unpaired) electrons. The molecule has 18 heavy (non-hydrogen) atoms. The van der Waals surface area contributed by atoms with Crippen LogP contribution in [0.2, 0.25) is 0 Å². The zero-order chi connectivity index (χ0) is 12.8. The Morgan fingerprint density at radius 2 is 1.78 bits per heavy atom. The van der Waals surface area contributed by atoms with Crippen molar-refractivity contribution in [3.8, 4) is 5.75 Å². The fourth-order valence-corrected chi connectivity index (χ4v) is 1.96. The van der Waals surface area contributed by atoms with Crippen LogP contribution < -0.4 is 15.4 Å². The summed E-state index contributed by atoms with van der Waals surface area (Å²) in [5, 5.41) is 8.99. The largest absolute Gasteiger partial charge is 0.497 e. The Hall–Kier alpha value is -1.58. The molecule has 0 amide bonds. The molecule has 0 aliphatic carbocycles. The monoisotopic (exact) mass is 244 g/mol. The van der Waals surface area contributed by atoms with Crippen LogP contribution in [0.15, 0.2) is 36.4 Å². The van der Waals surface area contributed by atoms with E-state index in [1.807, 2.05) is 13.1 Å². The van der Waals surface area contributed by atoms with Crippen LogP contribution in [0.5, 0.6) is 5.75 Å². The molecule has 0 saturated heterocycles. The highest BCUT2D eigenvalue weighted by Crippen LogP contribution is 2.21. The number of fused-ring (bicyclic) bond motifs is 1. The number of rotatable bonds is 6. The predicted octanol–water partition coefficient (Wildman–Crippen LogP) is 2.16. The number of methoxy groups -OCH3 is 1. The van der Waals surface area contributed by atoms with Crippen molar-refractivity contribution in [2.75, 3.05) is 27.2 Å². The molecule has 0 spiro atoms. The van der Waals surface area contributed by atoms with Gasteiger partial charge in [0.15, 0.2) is 0 Å². The summed E-state index contributed by atoms with van der Waals surface area (Å²) in [7, 11) is 3.66. The number of ether oxygens (including phenoxy) is 1. The first-order chi connectivity index (χ1) is 8.83. The number of hydrogen-bond donors (Lipinski definition) is 2. The minimum Gasteiger partial charge on any atom is -0.497 e. The Morgan fingerprint density at radius 3 is 2.56 bits per heavy atom. The second-order valence-electron chi connectivity index (χ2n) is 4.33. The van der Waals surface area contributed by atoms with Gasteiger partial charge in [-0.05, 0) is 41.6 Å². The second kappa shape index (κ2) is 6.38. The van der Waals surface area contributed by atoms with E-state index in [1.54, 1.807) is 7.11 Å². The van der Waals surface area contributed by atoms with Crippen LogP contribution in [0.4, 0.5) is 0 Å². The van der Waals surface area contributed by atoms with Crippen LogP contribution in [0.1, 0.15) is 5.56 Å². The number of nitrogens with one attached hydrogen (secondary N) is 2. The maximum atomic E-state index is 5.23. The van der Waals surface area contributed by atoms with E-state index in [9.17, 15) is 0 Å². The van der Waals surface area contributed by atoms with Gasteiger partial charge in [-0.25, -0.2) is 0 Å². The Morgan fingerprint density at radius 1 is 1.00 bits per heavy atom. The van der Waals surface area contributed by atoms with E-state index < -0.39 is 0 Å². The number of likely N-dealkylation sites (N-methyl/N-ethyl adjacent to an activating group) is 1. The highest BCUT2D eigenvalue weighted by Gasteiger charge is 1.98. The lowest BCUT2D eigenvalue weighted by Crippen LogP contribution is -2.24. The molecule has 0 aliphatic rings. The molecule has 0 aliphatic heterocycles. The molecule has 0 fully saturated rings. The summed E-state index contributed by atoms with van der Waals surface area (Å²) in [5.41, 5.74) is 1.31. The van der Waals surface area contributed by atoms with Gasteiger partial charge in [0, 0.05) is 19.6 Å². The third-order valence-corrected chi connectivity index (χ3v) is 2.99. The van der Waals surface area contributed by atoms with E-state index in [0.29, 0.717) is 0 Å². The van der Waals surface area contributed by atoms with Gasteiger partial charge in [-0.3, -0.25) is 0 Å². The van der Waals surface area contributed by atoms with Crippen LogP contribution in [-0.2, 0) is 6.54 Å². The van der Waals surface area contributed by atoms with Gasteiger partial charge in [-0.1, -0.05) is 18.2 Å². The first-order valence-electron chi connectivity index (χ1n) is 6.25. The molecular formula is C15H20N2O. The van der Waals surface area contributed by atoms with Gasteiger partial charge in [0.1, 0.15) is 5.75 Å². The van der Waals surface area contributed by atoms with Gasteiger partial charge in [0.05, 0.1) is 7.11 Å². The van der Waals surface area contributed by atoms with Gasteiger partial charge in [0.25, 0.3) is 0 Å². The van der Waals surface area contributed by atoms with E-state index in [0.717, 1.165) is 25.4 Å². The summed E-state index contributed by atoms with van der Waals surface area (Å²) in [5.74, 6) is 0.905. The van der Waals surface area contributed by atoms with Crippen molar-refractivity contribution in [3.63, 3.8) is 0 Å². The second-order valence-corrected chi connectivity index (χ2v) is 4.33. The van der Waals surface area contributed by atoms with Crippen LogP contribution in [-0.4, -0.2) is 27.2 Å². The third-order valence-electron chi connectivity index (χ3n) is 2.99. The van der Waals surface area contributed by atoms with E-state index >= 15 is 0 Å². The Labute approximate surface area is 108 Å². The van der Waals surface area contributed by atoms with Crippen molar-refractivity contribution in [2.24, 2.45) is 0 Å². The third kappa shape index (κ3) is 3.22. The molecule has 0 atom stereocenters. The van der Waals surface area contributed by atoms with Crippen LogP contribution >= 0.6 is 0 Å². The first kappa shape index (κ1) is 12.9. The smallest absolute Gasteiger partial charge is 0.119 e. The van der Waals surface area contributed by atoms with Gasteiger partial charge >= 0.3 is 0 Å². The minimum absolute atomic E-state index is 0.905. The molecule has 0 saturated carbocycles. The molecular weight excluding hydrogens is 224 g/mol. The van der Waals surface area contributed by atoms with Crippen molar-refractivity contribution in [1.29, 1.82) is 0 Å². The normalized spacial score (nSPS) is 10.8. The highest BCUT2D eigenvalue weighted by atomic mass is 16.5. The lowest BCUT2D eigenvalue weighted by molar-refractivity contribution is 0.415. The van der Waals surface area contributed by atoms with Crippen LogP contribution in [0, 0.1) is 0 Å². The molecule has 2 aromatic rings. The van der Waals surface area contributed by atoms with Gasteiger partial charge in [-0.15, -0.1) is 0 Å². The number of benzene rings is 2. The van der Waals surface area contributed by atoms with E-state index in [2.05, 4.69) is 41.0 Å². The summed E-state index contributed by atoms with van der Waals surface area (Å²) < 4.78 is 5.23. The van der Waals surface area contributed by atoms with Gasteiger partial charge in [-0.2, -0.15) is 0 Å². The summed E-state index contributed by atoms with van der Waals surface area (Å²) in [6.07, 6.45) is 0. The molecule has 0 unspecified atom stereocenters. The van der Waals surface area contributed by atoms with E-state index in [-0.39, 0.29) is 0 Å². The molecule has 0 bridgehead atoms. The van der Waals surface area contributed by atoms with Crippen molar-refractivity contribution in [1.82, 2.24) is 10.6 Å². The Kier molecular flexibility index (Phi) is 4.56. The van der Waals surface area contributed by atoms with Crippen molar-refractivity contribution in [3.05, 3.63) is 42.0 Å². The fourth-order valence-electron chi connectivity index (χ4n) is 1.96. The molecule has 2 N–H and O–H groups in total. The van der Waals surface area contributed by atoms with Crippen molar-refractivity contribution < 1.29 is 4.74 Å². The van der Waals surface area contributed by atoms with Gasteiger partial charge < -0.3 is 15.4 Å². The number of hydrogen-bond acceptors (Lipinski definition) is 3. The lowest BCUT2D eigenvalue weighted by atomic mass is 10.1. The van der Waals surface area contributed by atoms with Crippen molar-refractivity contribution in [2.45, 2.75) is 6.54 Å². The van der Waals surface area contributed by atoms with Crippen LogP contribution in [0.3, 0.4) is 0 Å². The average molecular weight is 244 g/mol. The standard InChI is InChI=1S/C15H20N2O/c1-16-7-8-17-11-12-3-4-14-10-15(18-2)6-5-13(14)9-12/h3-6,9-10,16-17H,7-8,11H2,1-2H3. The topological polar surface area (TPSA) is 33.3 Å². The molecule has 2 rings (SSSR count). The molecule has 2 aromatic carbocycles. The Balaban J connectivity index is 2.08. The molecule has 0 aromatic heterocycles. The fraction of sp³-hybridized carbons (Fsp3) is 0.333. The minimum atomic E-state index is 0.905. The first-order valence-corrected chi connectivity index (χ1v) is 6.25. The quantitative estimate of drug-likeness (QED) is 0.764. The Bertz CT molecular complexity index is 511. The summed E-state index contributed by atoms with van der Waals surface area (Å²) in [6, 6.07) is 12.7. The SMILES string of the molecule is CNCCNCc1ccc2cc(OC)ccc2c1. The lowest BCUT2D eigenvalue weighted by Gasteiger charge is -2.07. The van der Waals surface area contributed by atoms with Crippen molar-refractivity contribution >= 4 is 10.8 Å². The molecule has 96 valence electrons. The highest BCUT2D eigenvalue weighted by molar-refractivity contribution is 5.84. The summed E-state index contributed by atoms with van der Waals surface area (Å²) >= 11 is 0. The molecule has 3 heteroatoms. The van der Waals surface area contributed by atoms with E-state index in [1.165, 1.54) is 16.3 Å². The average Bonchev–Trinajstić information content (AvgIpc) is 2.43. The van der Waals surface area contributed by atoms with Gasteiger partial charge in [0.2, 0.25) is 0 Å².